The normalized spacial score (nSPS) is 11.3. The maximum Gasteiger partial charge on any atom is 0.251 e. The standard InChI is InChI=1S/C21H21FN4O3S/c1-21(2,29)12-4-6-14(16(22)7-12)17-8-15(19(24)28)20(30-17)26-10-13-5-3-11(9-25-13)18(23)27/h3-9,26,29H,10H2,1-2H3,(H2,23,27)(H2,24,28). The van der Waals surface area contributed by atoms with E-state index in [4.69, 9.17) is 11.5 Å². The van der Waals surface area contributed by atoms with E-state index in [1.807, 2.05) is 0 Å². The molecule has 1 aromatic carbocycles. The summed E-state index contributed by atoms with van der Waals surface area (Å²) >= 11 is 1.18. The van der Waals surface area contributed by atoms with Gasteiger partial charge in [0.05, 0.1) is 29.0 Å². The van der Waals surface area contributed by atoms with Crippen LogP contribution in [-0.2, 0) is 12.1 Å². The summed E-state index contributed by atoms with van der Waals surface area (Å²) in [6.45, 7) is 3.41. The van der Waals surface area contributed by atoms with Crippen LogP contribution in [0.5, 0.6) is 0 Å². The van der Waals surface area contributed by atoms with Crippen molar-refractivity contribution in [2.45, 2.75) is 26.0 Å². The molecule has 0 aliphatic rings. The van der Waals surface area contributed by atoms with E-state index in [2.05, 4.69) is 10.3 Å². The topological polar surface area (TPSA) is 131 Å². The van der Waals surface area contributed by atoms with Gasteiger partial charge >= 0.3 is 0 Å². The summed E-state index contributed by atoms with van der Waals surface area (Å²) in [5, 5.41) is 13.6. The van der Waals surface area contributed by atoms with Crippen LogP contribution in [0.4, 0.5) is 9.39 Å². The molecule has 0 radical (unpaired) electrons. The van der Waals surface area contributed by atoms with E-state index in [0.29, 0.717) is 32.3 Å². The number of carbonyl (C=O) groups excluding carboxylic acids is 2. The summed E-state index contributed by atoms with van der Waals surface area (Å²) in [5.74, 6) is -1.73. The molecule has 0 aliphatic heterocycles. The van der Waals surface area contributed by atoms with E-state index in [1.54, 1.807) is 38.1 Å². The molecule has 0 spiro atoms. The van der Waals surface area contributed by atoms with Crippen molar-refractivity contribution in [2.75, 3.05) is 5.32 Å². The highest BCUT2D eigenvalue weighted by molar-refractivity contribution is 7.19. The highest BCUT2D eigenvalue weighted by Crippen LogP contribution is 2.37. The smallest absolute Gasteiger partial charge is 0.251 e. The lowest BCUT2D eigenvalue weighted by Crippen LogP contribution is -2.15. The molecule has 0 aliphatic carbocycles. The molecule has 2 amide bonds. The van der Waals surface area contributed by atoms with Gasteiger partial charge in [0.25, 0.3) is 5.91 Å². The number of nitrogens with one attached hydrogen (secondary N) is 1. The number of halogens is 1. The third-order valence-corrected chi connectivity index (χ3v) is 5.60. The highest BCUT2D eigenvalue weighted by atomic mass is 32.1. The molecule has 2 heterocycles. The molecule has 0 saturated heterocycles. The number of hydrogen-bond acceptors (Lipinski definition) is 6. The predicted molar refractivity (Wildman–Crippen MR) is 114 cm³/mol. The number of nitrogens with zero attached hydrogens (tertiary/aromatic N) is 1. The summed E-state index contributed by atoms with van der Waals surface area (Å²) in [6.07, 6.45) is 1.37. The summed E-state index contributed by atoms with van der Waals surface area (Å²) in [4.78, 5) is 27.6. The van der Waals surface area contributed by atoms with Crippen molar-refractivity contribution in [2.24, 2.45) is 11.5 Å². The summed E-state index contributed by atoms with van der Waals surface area (Å²) < 4.78 is 14.7. The molecule has 0 fully saturated rings. The second-order valence-electron chi connectivity index (χ2n) is 7.23. The monoisotopic (exact) mass is 428 g/mol. The fraction of sp³-hybridized carbons (Fsp3) is 0.190. The van der Waals surface area contributed by atoms with Crippen LogP contribution >= 0.6 is 11.3 Å². The zero-order chi connectivity index (χ0) is 22.1. The van der Waals surface area contributed by atoms with Crippen LogP contribution in [0.3, 0.4) is 0 Å². The number of primary amides is 2. The van der Waals surface area contributed by atoms with Gasteiger partial charge in [-0.05, 0) is 43.7 Å². The van der Waals surface area contributed by atoms with Gasteiger partial charge in [-0.3, -0.25) is 14.6 Å². The quantitative estimate of drug-likeness (QED) is 0.459. The Kier molecular flexibility index (Phi) is 5.86. The number of nitrogens with two attached hydrogens (primary N) is 2. The maximum absolute atomic E-state index is 14.7. The van der Waals surface area contributed by atoms with Gasteiger partial charge in [-0.2, -0.15) is 0 Å². The minimum atomic E-state index is -1.17. The Morgan fingerprint density at radius 2 is 1.90 bits per heavy atom. The van der Waals surface area contributed by atoms with E-state index in [0.717, 1.165) is 0 Å². The first-order valence-corrected chi connectivity index (χ1v) is 9.83. The van der Waals surface area contributed by atoms with Crippen LogP contribution in [0.25, 0.3) is 10.4 Å². The zero-order valence-electron chi connectivity index (χ0n) is 16.4. The Hall–Kier alpha value is -3.30. The van der Waals surface area contributed by atoms with Crippen molar-refractivity contribution >= 4 is 28.2 Å². The van der Waals surface area contributed by atoms with Gasteiger partial charge in [-0.1, -0.05) is 12.1 Å². The number of benzene rings is 1. The number of aromatic nitrogens is 1. The Morgan fingerprint density at radius 3 is 2.43 bits per heavy atom. The van der Waals surface area contributed by atoms with Gasteiger partial charge in [0.15, 0.2) is 0 Å². The van der Waals surface area contributed by atoms with Gasteiger partial charge in [0, 0.05) is 16.6 Å². The molecule has 0 atom stereocenters. The molecule has 0 unspecified atom stereocenters. The lowest BCUT2D eigenvalue weighted by molar-refractivity contribution is 0.0782. The van der Waals surface area contributed by atoms with Crippen molar-refractivity contribution in [3.05, 3.63) is 70.8 Å². The second kappa shape index (κ2) is 8.21. The molecule has 156 valence electrons. The van der Waals surface area contributed by atoms with Gasteiger partial charge in [-0.15, -0.1) is 11.3 Å². The summed E-state index contributed by atoms with van der Waals surface area (Å²) in [7, 11) is 0. The van der Waals surface area contributed by atoms with Crippen molar-refractivity contribution in [1.29, 1.82) is 0 Å². The molecule has 0 bridgehead atoms. The number of thiophene rings is 1. The largest absolute Gasteiger partial charge is 0.386 e. The number of anilines is 1. The van der Waals surface area contributed by atoms with Crippen molar-refractivity contribution in [3.8, 4) is 10.4 Å². The van der Waals surface area contributed by atoms with Crippen molar-refractivity contribution in [1.82, 2.24) is 4.98 Å². The lowest BCUT2D eigenvalue weighted by Gasteiger charge is -2.18. The minimum absolute atomic E-state index is 0.231. The Bertz CT molecular complexity index is 1100. The number of hydrogen-bond donors (Lipinski definition) is 4. The van der Waals surface area contributed by atoms with Crippen LogP contribution < -0.4 is 16.8 Å². The second-order valence-corrected chi connectivity index (χ2v) is 8.28. The lowest BCUT2D eigenvalue weighted by atomic mass is 9.96. The Balaban J connectivity index is 1.87. The number of pyridine rings is 1. The SMILES string of the molecule is CC(C)(O)c1ccc(-c2cc(C(N)=O)c(NCc3ccc(C(N)=O)cn3)s2)c(F)c1. The van der Waals surface area contributed by atoms with Crippen LogP contribution in [0, 0.1) is 5.82 Å². The third-order valence-electron chi connectivity index (χ3n) is 4.48. The van der Waals surface area contributed by atoms with Crippen molar-refractivity contribution in [3.63, 3.8) is 0 Å². The van der Waals surface area contributed by atoms with Crippen LogP contribution in [-0.4, -0.2) is 21.9 Å². The molecule has 3 aromatic rings. The molecule has 30 heavy (non-hydrogen) atoms. The predicted octanol–water partition coefficient (Wildman–Crippen LogP) is 2.99. The average molecular weight is 428 g/mol. The van der Waals surface area contributed by atoms with E-state index in [1.165, 1.54) is 29.7 Å². The molecule has 2 aromatic heterocycles. The Labute approximate surface area is 176 Å². The van der Waals surface area contributed by atoms with Gasteiger partial charge in [0.2, 0.25) is 5.91 Å². The minimum Gasteiger partial charge on any atom is -0.386 e. The number of aliphatic hydroxyl groups is 1. The highest BCUT2D eigenvalue weighted by Gasteiger charge is 2.21. The van der Waals surface area contributed by atoms with Gasteiger partial charge in [-0.25, -0.2) is 4.39 Å². The van der Waals surface area contributed by atoms with Gasteiger partial charge < -0.3 is 21.9 Å². The molecule has 6 N–H and O–H groups in total. The van der Waals surface area contributed by atoms with Crippen LogP contribution in [0.15, 0.2) is 42.6 Å². The number of rotatable bonds is 7. The van der Waals surface area contributed by atoms with E-state index in [-0.39, 0.29) is 12.1 Å². The summed E-state index contributed by atoms with van der Waals surface area (Å²) in [6, 6.07) is 9.20. The van der Waals surface area contributed by atoms with Gasteiger partial charge in [0.1, 0.15) is 10.8 Å². The first-order valence-electron chi connectivity index (χ1n) is 9.01. The fourth-order valence-corrected chi connectivity index (χ4v) is 3.87. The molecule has 7 nitrogen and oxygen atoms in total. The maximum atomic E-state index is 14.7. The Morgan fingerprint density at radius 1 is 1.17 bits per heavy atom. The first kappa shape index (κ1) is 21.4. The number of carbonyl (C=O) groups is 2. The van der Waals surface area contributed by atoms with Crippen LogP contribution in [0.1, 0.15) is 45.8 Å². The van der Waals surface area contributed by atoms with E-state index in [9.17, 15) is 19.1 Å². The number of amides is 2. The molecule has 0 saturated carbocycles. The van der Waals surface area contributed by atoms with Crippen LogP contribution in [0.2, 0.25) is 0 Å². The van der Waals surface area contributed by atoms with E-state index < -0.39 is 23.2 Å². The third kappa shape index (κ3) is 4.64. The molecular formula is C21H21FN4O3S. The van der Waals surface area contributed by atoms with Crippen molar-refractivity contribution < 1.29 is 19.1 Å². The average Bonchev–Trinajstić information content (AvgIpc) is 3.10. The molecule has 3 rings (SSSR count). The molecule has 9 heteroatoms. The first-order chi connectivity index (χ1) is 14.1. The molecular weight excluding hydrogens is 407 g/mol. The summed E-state index contributed by atoms with van der Waals surface area (Å²) in [5.41, 5.74) is 11.4. The fourth-order valence-electron chi connectivity index (χ4n) is 2.78. The zero-order valence-corrected chi connectivity index (χ0v) is 17.2. The van der Waals surface area contributed by atoms with E-state index >= 15 is 0 Å².